The van der Waals surface area contributed by atoms with Crippen LogP contribution in [0.25, 0.3) is 5.65 Å². The Labute approximate surface area is 128 Å². The van der Waals surface area contributed by atoms with Crippen molar-refractivity contribution in [1.29, 1.82) is 0 Å². The van der Waals surface area contributed by atoms with Gasteiger partial charge in [0.25, 0.3) is 0 Å². The lowest BCUT2D eigenvalue weighted by molar-refractivity contribution is -0.139. The number of fused-ring (bicyclic) bond motifs is 1. The van der Waals surface area contributed by atoms with Crippen LogP contribution in [0.1, 0.15) is 25.5 Å². The largest absolute Gasteiger partial charge is 0.465 e. The molecule has 1 N–H and O–H groups in total. The van der Waals surface area contributed by atoms with Gasteiger partial charge in [0, 0.05) is 18.8 Å². The molecule has 0 aromatic carbocycles. The third-order valence-corrected chi connectivity index (χ3v) is 4.34. The van der Waals surface area contributed by atoms with Crippen LogP contribution in [0.3, 0.4) is 0 Å². The number of imidazole rings is 1. The summed E-state index contributed by atoms with van der Waals surface area (Å²) in [5, 5.41) is 4.42. The van der Waals surface area contributed by atoms with Gasteiger partial charge in [0.05, 0.1) is 18.1 Å². The Morgan fingerprint density at radius 2 is 2.38 bits per heavy atom. The molecular weight excluding hydrogens is 286 g/mol. The zero-order valence-corrected chi connectivity index (χ0v) is 12.9. The summed E-state index contributed by atoms with van der Waals surface area (Å²) in [6, 6.07) is 6.59. The van der Waals surface area contributed by atoms with Crippen molar-refractivity contribution in [2.24, 2.45) is 0 Å². The number of thioether (sulfide) groups is 1. The Bertz CT molecular complexity index is 637. The van der Waals surface area contributed by atoms with Gasteiger partial charge in [-0.15, -0.1) is 0 Å². The average molecular weight is 305 g/mol. The second kappa shape index (κ2) is 6.49. The van der Waals surface area contributed by atoms with E-state index in [0.717, 1.165) is 22.9 Å². The van der Waals surface area contributed by atoms with Crippen molar-refractivity contribution in [3.05, 3.63) is 30.1 Å². The highest BCUT2D eigenvalue weighted by Gasteiger charge is 2.22. The second-order valence-electron chi connectivity index (χ2n) is 5.04. The third-order valence-electron chi connectivity index (χ3n) is 3.36. The molecule has 5 nitrogen and oxygen atoms in total. The fraction of sp³-hybridized carbons (Fsp3) is 0.467. The molecule has 0 spiro atoms. The molecule has 0 atom stereocenters. The van der Waals surface area contributed by atoms with Crippen molar-refractivity contribution in [3.8, 4) is 0 Å². The smallest absolute Gasteiger partial charge is 0.316 e. The predicted octanol–water partition coefficient (Wildman–Crippen LogP) is 2.24. The Balaban J connectivity index is 1.77. The van der Waals surface area contributed by atoms with Crippen LogP contribution in [0.5, 0.6) is 0 Å². The minimum Gasteiger partial charge on any atom is -0.465 e. The maximum absolute atomic E-state index is 11.5. The summed E-state index contributed by atoms with van der Waals surface area (Å²) in [6.07, 6.45) is 4.52. The number of carbonyl (C=O) groups is 1. The molecule has 1 saturated carbocycles. The highest BCUT2D eigenvalue weighted by molar-refractivity contribution is 7.99. The number of esters is 1. The number of hydrogen-bond donors (Lipinski definition) is 1. The molecule has 21 heavy (non-hydrogen) atoms. The molecule has 6 heteroatoms. The second-order valence-corrected chi connectivity index (χ2v) is 6.01. The zero-order valence-electron chi connectivity index (χ0n) is 12.0. The van der Waals surface area contributed by atoms with Crippen LogP contribution in [0, 0.1) is 0 Å². The van der Waals surface area contributed by atoms with E-state index < -0.39 is 0 Å². The van der Waals surface area contributed by atoms with E-state index in [1.165, 1.54) is 24.6 Å². The van der Waals surface area contributed by atoms with E-state index in [0.29, 0.717) is 18.4 Å². The van der Waals surface area contributed by atoms with Crippen molar-refractivity contribution in [2.45, 2.75) is 37.4 Å². The lowest BCUT2D eigenvalue weighted by atomic mass is 10.4. The molecule has 0 radical (unpaired) electrons. The number of pyridine rings is 1. The molecule has 1 aliphatic carbocycles. The first-order valence-corrected chi connectivity index (χ1v) is 8.24. The SMILES string of the molecule is CCOC(=O)CSc1nc2ccccn2c1CNC1CC1. The van der Waals surface area contributed by atoms with Crippen molar-refractivity contribution in [2.75, 3.05) is 12.4 Å². The van der Waals surface area contributed by atoms with E-state index in [1.54, 1.807) is 0 Å². The Morgan fingerprint density at radius 1 is 1.52 bits per heavy atom. The monoisotopic (exact) mass is 305 g/mol. The molecule has 1 fully saturated rings. The summed E-state index contributed by atoms with van der Waals surface area (Å²) in [5.74, 6) is 0.106. The van der Waals surface area contributed by atoms with Gasteiger partial charge >= 0.3 is 5.97 Å². The van der Waals surface area contributed by atoms with Crippen molar-refractivity contribution in [3.63, 3.8) is 0 Å². The minimum absolute atomic E-state index is 0.194. The fourth-order valence-electron chi connectivity index (χ4n) is 2.16. The molecule has 0 amide bonds. The molecule has 1 aliphatic rings. The van der Waals surface area contributed by atoms with Crippen LogP contribution in [-0.4, -0.2) is 33.8 Å². The topological polar surface area (TPSA) is 55.6 Å². The van der Waals surface area contributed by atoms with Crippen molar-refractivity contribution in [1.82, 2.24) is 14.7 Å². The van der Waals surface area contributed by atoms with Gasteiger partial charge in [-0.25, -0.2) is 4.98 Å². The average Bonchev–Trinajstić information content (AvgIpc) is 3.24. The zero-order chi connectivity index (χ0) is 14.7. The predicted molar refractivity (Wildman–Crippen MR) is 82.4 cm³/mol. The maximum atomic E-state index is 11.5. The lowest BCUT2D eigenvalue weighted by Gasteiger charge is -2.06. The van der Waals surface area contributed by atoms with Crippen molar-refractivity contribution >= 4 is 23.4 Å². The molecule has 0 aliphatic heterocycles. The molecule has 0 saturated heterocycles. The molecule has 2 aromatic heterocycles. The van der Waals surface area contributed by atoms with Gasteiger partial charge in [-0.2, -0.15) is 0 Å². The number of aromatic nitrogens is 2. The van der Waals surface area contributed by atoms with E-state index in [1.807, 2.05) is 31.3 Å². The van der Waals surface area contributed by atoms with E-state index in [9.17, 15) is 4.79 Å². The van der Waals surface area contributed by atoms with Crippen LogP contribution in [0.2, 0.25) is 0 Å². The van der Waals surface area contributed by atoms with Crippen LogP contribution in [0.15, 0.2) is 29.4 Å². The molecule has 0 unspecified atom stereocenters. The van der Waals surface area contributed by atoms with Crippen LogP contribution < -0.4 is 5.32 Å². The number of hydrogen-bond acceptors (Lipinski definition) is 5. The number of ether oxygens (including phenoxy) is 1. The van der Waals surface area contributed by atoms with Crippen LogP contribution >= 0.6 is 11.8 Å². The molecular formula is C15H19N3O2S. The normalized spacial score (nSPS) is 14.5. The molecule has 112 valence electrons. The minimum atomic E-state index is -0.194. The van der Waals surface area contributed by atoms with Gasteiger partial charge in [-0.05, 0) is 31.9 Å². The lowest BCUT2D eigenvalue weighted by Crippen LogP contribution is -2.17. The summed E-state index contributed by atoms with van der Waals surface area (Å²) >= 11 is 1.45. The van der Waals surface area contributed by atoms with Gasteiger partial charge < -0.3 is 14.5 Å². The van der Waals surface area contributed by atoms with E-state index in [4.69, 9.17) is 4.74 Å². The van der Waals surface area contributed by atoms with Crippen LogP contribution in [0.4, 0.5) is 0 Å². The highest BCUT2D eigenvalue weighted by atomic mass is 32.2. The standard InChI is InChI=1S/C15H19N3O2S/c1-2-20-14(19)10-21-15-12(9-16-11-6-7-11)18-8-4-3-5-13(18)17-15/h3-5,8,11,16H,2,6-7,9-10H2,1H3. The number of rotatable bonds is 7. The third kappa shape index (κ3) is 3.57. The summed E-state index contributed by atoms with van der Waals surface area (Å²) in [7, 11) is 0. The van der Waals surface area contributed by atoms with Gasteiger partial charge in [-0.1, -0.05) is 17.8 Å². The fourth-order valence-corrected chi connectivity index (χ4v) is 2.99. The summed E-state index contributed by atoms with van der Waals surface area (Å²) < 4.78 is 7.06. The van der Waals surface area contributed by atoms with Gasteiger partial charge in [0.2, 0.25) is 0 Å². The van der Waals surface area contributed by atoms with E-state index in [2.05, 4.69) is 14.7 Å². The summed E-state index contributed by atoms with van der Waals surface area (Å²) in [6.45, 7) is 3.01. The summed E-state index contributed by atoms with van der Waals surface area (Å²) in [5.41, 5.74) is 2.03. The van der Waals surface area contributed by atoms with E-state index in [-0.39, 0.29) is 5.97 Å². The number of carbonyl (C=O) groups excluding carboxylic acids is 1. The van der Waals surface area contributed by atoms with Crippen molar-refractivity contribution < 1.29 is 9.53 Å². The number of nitrogens with one attached hydrogen (secondary N) is 1. The first-order chi connectivity index (χ1) is 10.3. The molecule has 3 rings (SSSR count). The molecule has 0 bridgehead atoms. The first kappa shape index (κ1) is 14.4. The Kier molecular flexibility index (Phi) is 4.45. The molecule has 2 heterocycles. The van der Waals surface area contributed by atoms with Gasteiger partial charge in [0.1, 0.15) is 10.7 Å². The Hall–Kier alpha value is -1.53. The number of nitrogens with zero attached hydrogens (tertiary/aromatic N) is 2. The van der Waals surface area contributed by atoms with Crippen LogP contribution in [-0.2, 0) is 16.1 Å². The maximum Gasteiger partial charge on any atom is 0.316 e. The Morgan fingerprint density at radius 3 is 3.14 bits per heavy atom. The highest BCUT2D eigenvalue weighted by Crippen LogP contribution is 2.25. The van der Waals surface area contributed by atoms with Gasteiger partial charge in [-0.3, -0.25) is 4.79 Å². The van der Waals surface area contributed by atoms with E-state index >= 15 is 0 Å². The molecule has 2 aromatic rings. The van der Waals surface area contributed by atoms with Gasteiger partial charge in [0.15, 0.2) is 0 Å². The quantitative estimate of drug-likeness (QED) is 0.628. The summed E-state index contributed by atoms with van der Waals surface area (Å²) in [4.78, 5) is 16.1. The first-order valence-electron chi connectivity index (χ1n) is 7.25.